The summed E-state index contributed by atoms with van der Waals surface area (Å²) in [5.41, 5.74) is 7.25. The Kier molecular flexibility index (Phi) is 6.10. The Labute approximate surface area is 175 Å². The molecule has 0 spiro atoms. The molecule has 3 aromatic rings. The van der Waals surface area contributed by atoms with E-state index in [9.17, 15) is 0 Å². The van der Waals surface area contributed by atoms with Crippen molar-refractivity contribution >= 4 is 21.8 Å². The Morgan fingerprint density at radius 3 is 2.72 bits per heavy atom. The number of aromatic nitrogens is 1. The van der Waals surface area contributed by atoms with Crippen molar-refractivity contribution in [2.24, 2.45) is 5.92 Å². The van der Waals surface area contributed by atoms with Gasteiger partial charge in [-0.25, -0.2) is 0 Å². The summed E-state index contributed by atoms with van der Waals surface area (Å²) in [6.45, 7) is 12.0. The van der Waals surface area contributed by atoms with Crippen LogP contribution in [0.25, 0.3) is 21.8 Å². The topological polar surface area (TPSA) is 27.8 Å². The monoisotopic (exact) mass is 388 g/mol. The summed E-state index contributed by atoms with van der Waals surface area (Å²) >= 11 is 0. The molecule has 154 valence electrons. The Morgan fingerprint density at radius 2 is 2.00 bits per heavy atom. The number of allylic oxidation sites excluding steroid dienone is 1. The van der Waals surface area contributed by atoms with E-state index in [1.165, 1.54) is 53.1 Å². The molecule has 0 bridgehead atoms. The first-order valence-corrected chi connectivity index (χ1v) is 11.5. The maximum Gasteiger partial charge on any atom is 0.0503 e. The fraction of sp³-hybridized carbons (Fsp3) is 0.481. The maximum atomic E-state index is 4.07. The molecule has 29 heavy (non-hydrogen) atoms. The number of benzene rings is 2. The zero-order valence-electron chi connectivity index (χ0n) is 18.4. The summed E-state index contributed by atoms with van der Waals surface area (Å²) in [5.74, 6) is 1.62. The summed E-state index contributed by atoms with van der Waals surface area (Å²) in [4.78, 5) is 3.73. The van der Waals surface area contributed by atoms with Crippen LogP contribution < -0.4 is 5.32 Å². The van der Waals surface area contributed by atoms with Crippen molar-refractivity contribution in [2.45, 2.75) is 71.3 Å². The lowest BCUT2D eigenvalue weighted by molar-refractivity contribution is 0.240. The Hall–Kier alpha value is -2.06. The molecule has 0 aliphatic heterocycles. The second kappa shape index (κ2) is 8.75. The standard InChI is InChI=1S/C27H36N2/c1-5-10-23-26(21-15-19(16-21)11-9-14-28-18(3)4)20(6-2)17-24-22-12-7-8-13-25(22)29-27(23)24/h5,7-8,12-13,17-19,21,28-29H,1,6,9-11,14-16H2,2-4H3. The van der Waals surface area contributed by atoms with Crippen LogP contribution in [0.15, 0.2) is 43.0 Å². The quantitative estimate of drug-likeness (QED) is 0.303. The van der Waals surface area contributed by atoms with Gasteiger partial charge in [0.15, 0.2) is 0 Å². The molecule has 0 radical (unpaired) electrons. The van der Waals surface area contributed by atoms with Crippen molar-refractivity contribution < 1.29 is 0 Å². The van der Waals surface area contributed by atoms with Crippen LogP contribution in [0.5, 0.6) is 0 Å². The summed E-state index contributed by atoms with van der Waals surface area (Å²) < 4.78 is 0. The van der Waals surface area contributed by atoms with Crippen molar-refractivity contribution in [3.8, 4) is 0 Å². The molecule has 1 aromatic heterocycles. The highest BCUT2D eigenvalue weighted by atomic mass is 14.9. The van der Waals surface area contributed by atoms with Gasteiger partial charge in [0.2, 0.25) is 0 Å². The van der Waals surface area contributed by atoms with Gasteiger partial charge < -0.3 is 10.3 Å². The lowest BCUT2D eigenvalue weighted by Gasteiger charge is -2.38. The van der Waals surface area contributed by atoms with E-state index in [2.05, 4.69) is 74.1 Å². The first-order valence-electron chi connectivity index (χ1n) is 11.5. The molecule has 1 saturated carbocycles. The number of H-pyrrole nitrogens is 1. The number of rotatable bonds is 9. The van der Waals surface area contributed by atoms with Crippen LogP contribution in [0.3, 0.4) is 0 Å². The SMILES string of the molecule is C=CCc1c(C2CC(CCCNC(C)C)C2)c(CC)cc2c1[nH]c1ccccc12. The van der Waals surface area contributed by atoms with E-state index >= 15 is 0 Å². The Morgan fingerprint density at radius 1 is 1.21 bits per heavy atom. The molecule has 2 nitrogen and oxygen atoms in total. The average Bonchev–Trinajstić information content (AvgIpc) is 3.05. The van der Waals surface area contributed by atoms with Gasteiger partial charge in [0.05, 0.1) is 5.52 Å². The highest BCUT2D eigenvalue weighted by Crippen LogP contribution is 2.48. The summed E-state index contributed by atoms with van der Waals surface area (Å²) in [6.07, 6.45) is 9.51. The van der Waals surface area contributed by atoms with E-state index in [4.69, 9.17) is 0 Å². The molecule has 4 rings (SSSR count). The van der Waals surface area contributed by atoms with Gasteiger partial charge in [-0.3, -0.25) is 0 Å². The number of hydrogen-bond donors (Lipinski definition) is 2. The molecule has 2 heteroatoms. The van der Waals surface area contributed by atoms with Crippen LogP contribution in [0.2, 0.25) is 0 Å². The van der Waals surface area contributed by atoms with Crippen molar-refractivity contribution in [1.29, 1.82) is 0 Å². The number of hydrogen-bond acceptors (Lipinski definition) is 1. The van der Waals surface area contributed by atoms with E-state index in [0.717, 1.165) is 31.2 Å². The molecular weight excluding hydrogens is 352 g/mol. The van der Waals surface area contributed by atoms with Gasteiger partial charge in [-0.05, 0) is 85.7 Å². The number of aromatic amines is 1. The molecule has 1 heterocycles. The molecule has 0 atom stereocenters. The van der Waals surface area contributed by atoms with Gasteiger partial charge in [0.1, 0.15) is 0 Å². The van der Waals surface area contributed by atoms with Crippen molar-refractivity contribution in [2.75, 3.05) is 6.54 Å². The van der Waals surface area contributed by atoms with Crippen molar-refractivity contribution in [3.05, 3.63) is 59.7 Å². The second-order valence-corrected chi connectivity index (χ2v) is 9.15. The maximum absolute atomic E-state index is 4.07. The number of aryl methyl sites for hydroxylation is 1. The summed E-state index contributed by atoms with van der Waals surface area (Å²) in [7, 11) is 0. The van der Waals surface area contributed by atoms with Crippen LogP contribution in [0.1, 0.15) is 69.1 Å². The first kappa shape index (κ1) is 20.2. The van der Waals surface area contributed by atoms with E-state index in [-0.39, 0.29) is 0 Å². The first-order chi connectivity index (χ1) is 14.1. The molecule has 0 saturated heterocycles. The highest BCUT2D eigenvalue weighted by molar-refractivity contribution is 6.09. The minimum atomic E-state index is 0.598. The Balaban J connectivity index is 1.61. The van der Waals surface area contributed by atoms with Crippen molar-refractivity contribution in [1.82, 2.24) is 10.3 Å². The lowest BCUT2D eigenvalue weighted by Crippen LogP contribution is -2.27. The molecule has 0 unspecified atom stereocenters. The van der Waals surface area contributed by atoms with Crippen LogP contribution in [-0.2, 0) is 12.8 Å². The van der Waals surface area contributed by atoms with Gasteiger partial charge in [-0.1, -0.05) is 45.0 Å². The van der Waals surface area contributed by atoms with Gasteiger partial charge >= 0.3 is 0 Å². The molecule has 1 aliphatic carbocycles. The average molecular weight is 389 g/mol. The normalized spacial score (nSPS) is 19.2. The van der Waals surface area contributed by atoms with Crippen LogP contribution >= 0.6 is 0 Å². The third-order valence-electron chi connectivity index (χ3n) is 6.75. The minimum absolute atomic E-state index is 0.598. The number of fused-ring (bicyclic) bond motifs is 3. The number of para-hydroxylation sites is 1. The van der Waals surface area contributed by atoms with Gasteiger partial charge in [0, 0.05) is 22.3 Å². The van der Waals surface area contributed by atoms with E-state index in [0.29, 0.717) is 6.04 Å². The predicted octanol–water partition coefficient (Wildman–Crippen LogP) is 6.88. The van der Waals surface area contributed by atoms with Crippen LogP contribution in [0, 0.1) is 5.92 Å². The largest absolute Gasteiger partial charge is 0.354 e. The smallest absolute Gasteiger partial charge is 0.0503 e. The van der Waals surface area contributed by atoms with Gasteiger partial charge in [-0.15, -0.1) is 6.58 Å². The zero-order chi connectivity index (χ0) is 20.4. The van der Waals surface area contributed by atoms with Crippen LogP contribution in [-0.4, -0.2) is 17.6 Å². The molecule has 2 aromatic carbocycles. The highest BCUT2D eigenvalue weighted by Gasteiger charge is 2.33. The van der Waals surface area contributed by atoms with Crippen LogP contribution in [0.4, 0.5) is 0 Å². The number of nitrogens with one attached hydrogen (secondary N) is 2. The second-order valence-electron chi connectivity index (χ2n) is 9.15. The minimum Gasteiger partial charge on any atom is -0.354 e. The van der Waals surface area contributed by atoms with E-state index in [1.54, 1.807) is 11.1 Å². The third-order valence-corrected chi connectivity index (χ3v) is 6.75. The Bertz CT molecular complexity index is 989. The molecule has 2 N–H and O–H groups in total. The van der Waals surface area contributed by atoms with E-state index in [1.807, 2.05) is 0 Å². The third kappa shape index (κ3) is 4.00. The molecule has 1 aliphatic rings. The fourth-order valence-electron chi connectivity index (χ4n) is 5.28. The predicted molar refractivity (Wildman–Crippen MR) is 127 cm³/mol. The molecule has 1 fully saturated rings. The molecule has 0 amide bonds. The van der Waals surface area contributed by atoms with Gasteiger partial charge in [0.25, 0.3) is 0 Å². The zero-order valence-corrected chi connectivity index (χ0v) is 18.4. The lowest BCUT2D eigenvalue weighted by atomic mass is 9.67. The summed E-state index contributed by atoms with van der Waals surface area (Å²) in [6, 6.07) is 11.8. The van der Waals surface area contributed by atoms with E-state index < -0.39 is 0 Å². The fourth-order valence-corrected chi connectivity index (χ4v) is 5.28. The van der Waals surface area contributed by atoms with Gasteiger partial charge in [-0.2, -0.15) is 0 Å². The van der Waals surface area contributed by atoms with Crippen molar-refractivity contribution in [3.63, 3.8) is 0 Å². The summed E-state index contributed by atoms with van der Waals surface area (Å²) in [5, 5.41) is 6.28. The molecular formula is C27H36N2.